The Bertz CT molecular complexity index is 1090. The molecule has 0 aliphatic carbocycles. The summed E-state index contributed by atoms with van der Waals surface area (Å²) in [6.45, 7) is -1.68. The van der Waals surface area contributed by atoms with E-state index in [0.29, 0.717) is 0 Å². The van der Waals surface area contributed by atoms with Gasteiger partial charge in [-0.3, -0.25) is 4.79 Å². The zero-order valence-electron chi connectivity index (χ0n) is 28.0. The van der Waals surface area contributed by atoms with Crippen molar-refractivity contribution < 1.29 is 163 Å². The van der Waals surface area contributed by atoms with Crippen molar-refractivity contribution in [1.29, 1.82) is 0 Å². The normalized spacial score (nSPS) is 16.2. The minimum absolute atomic E-state index is 0. The van der Waals surface area contributed by atoms with Gasteiger partial charge < -0.3 is 14.9 Å². The number of esters is 1. The zero-order valence-corrected chi connectivity index (χ0v) is 30.0. The molecule has 0 aromatic rings. The number of hydrogen-bond donors (Lipinski definition) is 2. The number of alkyl halides is 26. The van der Waals surface area contributed by atoms with E-state index < -0.39 is 142 Å². The maximum Gasteiger partial charge on any atom is 1.00 e. The maximum atomic E-state index is 13.6. The van der Waals surface area contributed by atoms with Crippen molar-refractivity contribution in [2.45, 2.75) is 106 Å². The van der Waals surface area contributed by atoms with Gasteiger partial charge >= 0.3 is 84.9 Å². The van der Waals surface area contributed by atoms with Crippen LogP contribution in [0.2, 0.25) is 0 Å². The summed E-state index contributed by atoms with van der Waals surface area (Å²) in [7, 11) is 1.00. The minimum Gasteiger partial charge on any atom is -0.466 e. The predicted molar refractivity (Wildman–Crippen MR) is 130 cm³/mol. The maximum absolute atomic E-state index is 13.6. The van der Waals surface area contributed by atoms with Crippen LogP contribution in [0.1, 0.15) is 45.4 Å². The molecule has 0 amide bonds. The molecule has 31 heteroatoms. The molecule has 334 valence electrons. The first-order chi connectivity index (χ1) is 23.9. The number of rotatable bonds is 13. The summed E-state index contributed by atoms with van der Waals surface area (Å²) in [5, 5.41) is 15.4. The number of halogens is 26. The fourth-order valence-electron chi connectivity index (χ4n) is 4.15. The SMILES string of the molecule is CC(=O)OCCC(CC(CC(F)(C(F)(F)F)C(F)(F)F)C(F)(F)F)C(F)(F)F.CO.OCCC(CC(CC(F)(C(F)(F)F)C(F)(F)F)C(F)(F)F)C(F)(F)F.[Na+]. The summed E-state index contributed by atoms with van der Waals surface area (Å²) in [5.74, 6) is -15.1. The van der Waals surface area contributed by atoms with Gasteiger partial charge in [0.25, 0.3) is 11.3 Å². The van der Waals surface area contributed by atoms with Crippen LogP contribution in [0.25, 0.3) is 0 Å². The average Bonchev–Trinajstić information content (AvgIpc) is 2.91. The molecule has 4 unspecified atom stereocenters. The third kappa shape index (κ3) is 19.1. The van der Waals surface area contributed by atoms with Gasteiger partial charge in [-0.1, -0.05) is 0 Å². The van der Waals surface area contributed by atoms with E-state index in [1.807, 2.05) is 0 Å². The summed E-state index contributed by atoms with van der Waals surface area (Å²) >= 11 is 0. The van der Waals surface area contributed by atoms with E-state index in [-0.39, 0.29) is 29.6 Å². The van der Waals surface area contributed by atoms with Crippen molar-refractivity contribution in [1.82, 2.24) is 0 Å². The molecule has 0 aliphatic heterocycles. The van der Waals surface area contributed by atoms with Crippen molar-refractivity contribution in [3.05, 3.63) is 0 Å². The summed E-state index contributed by atoms with van der Waals surface area (Å²) < 4.78 is 333. The van der Waals surface area contributed by atoms with Crippen LogP contribution in [-0.2, 0) is 9.53 Å². The second kappa shape index (κ2) is 21.7. The molecular weight excluding hydrogens is 881 g/mol. The van der Waals surface area contributed by atoms with E-state index in [1.54, 1.807) is 0 Å². The Morgan fingerprint density at radius 3 is 0.875 bits per heavy atom. The van der Waals surface area contributed by atoms with Crippen LogP contribution in [-0.4, -0.2) is 97.3 Å². The largest absolute Gasteiger partial charge is 1.00 e. The molecule has 0 fully saturated rings. The van der Waals surface area contributed by atoms with Crippen LogP contribution in [0, 0.1) is 23.7 Å². The van der Waals surface area contributed by atoms with Gasteiger partial charge in [-0.05, 0) is 25.7 Å². The molecule has 0 rings (SSSR count). The van der Waals surface area contributed by atoms with Crippen molar-refractivity contribution in [2.24, 2.45) is 23.7 Å². The molecule has 0 spiro atoms. The van der Waals surface area contributed by atoms with Crippen molar-refractivity contribution in [2.75, 3.05) is 20.3 Å². The number of aliphatic hydroxyl groups excluding tert-OH is 2. The van der Waals surface area contributed by atoms with E-state index in [4.69, 9.17) is 10.2 Å². The van der Waals surface area contributed by atoms with Gasteiger partial charge in [-0.15, -0.1) is 0 Å². The summed E-state index contributed by atoms with van der Waals surface area (Å²) in [4.78, 5) is 10.5. The number of carbonyl (C=O) groups excluding carboxylic acids is 1. The molecule has 4 atom stereocenters. The predicted octanol–water partition coefficient (Wildman–Crippen LogP) is 7.86. The Labute approximate surface area is 319 Å². The molecule has 0 heterocycles. The monoisotopic (exact) mass is 909 g/mol. The van der Waals surface area contributed by atoms with Gasteiger partial charge in [0.15, 0.2) is 0 Å². The van der Waals surface area contributed by atoms with Crippen LogP contribution in [0.3, 0.4) is 0 Å². The second-order valence-corrected chi connectivity index (χ2v) is 11.1. The zero-order chi connectivity index (χ0) is 45.3. The Morgan fingerprint density at radius 2 is 0.696 bits per heavy atom. The molecule has 4 nitrogen and oxygen atoms in total. The molecule has 2 N–H and O–H groups in total. The molecule has 56 heavy (non-hydrogen) atoms. The summed E-state index contributed by atoms with van der Waals surface area (Å²) in [6, 6.07) is 0. The van der Waals surface area contributed by atoms with E-state index in [9.17, 15) is 119 Å². The van der Waals surface area contributed by atoms with E-state index >= 15 is 0 Å². The van der Waals surface area contributed by atoms with Crippen molar-refractivity contribution >= 4 is 5.97 Å². The Hall–Kier alpha value is -1.43. The molecule has 0 saturated heterocycles. The molecule has 0 aromatic carbocycles. The third-order valence-corrected chi connectivity index (χ3v) is 7.09. The first kappa shape index (κ1) is 61.2. The number of ether oxygens (including phenoxy) is 1. The van der Waals surface area contributed by atoms with Crippen LogP contribution >= 0.6 is 0 Å². The van der Waals surface area contributed by atoms with Crippen LogP contribution in [0.5, 0.6) is 0 Å². The first-order valence-electron chi connectivity index (χ1n) is 14.0. The molecule has 0 saturated carbocycles. The summed E-state index contributed by atoms with van der Waals surface area (Å²) in [5.41, 5.74) is -12.7. The van der Waals surface area contributed by atoms with Gasteiger partial charge in [0.2, 0.25) is 0 Å². The number of hydrogen-bond acceptors (Lipinski definition) is 4. The number of carbonyl (C=O) groups is 1. The number of aliphatic hydroxyl groups is 2. The Morgan fingerprint density at radius 1 is 0.464 bits per heavy atom. The molecule has 0 aromatic heterocycles. The third-order valence-electron chi connectivity index (χ3n) is 7.09. The Kier molecular flexibility index (Phi) is 23.7. The average molecular weight is 909 g/mol. The van der Waals surface area contributed by atoms with Gasteiger partial charge in [-0.25, -0.2) is 8.78 Å². The first-order valence-corrected chi connectivity index (χ1v) is 14.0. The molecular formula is C25H28F26NaO4+. The molecule has 0 aliphatic rings. The molecule has 0 radical (unpaired) electrons. The van der Waals surface area contributed by atoms with Crippen molar-refractivity contribution in [3.8, 4) is 0 Å². The standard InChI is InChI=1S/C13H13F13O2.C11H11F13O.CH4O.Na/c1-6(27)28-3-2-7(10(15,16)17)4-8(11(18,19)20)5-9(14,12(21,22)23)13(24,25)26;12-7(10(19,20)21,11(22,23)24)4-6(9(16,17)18)3-5(1-2-25)8(13,14)15;1-2;/h7-8H,2-5H2,1H3;5-6,25H,1-4H2;2H,1H3;/q;;;+1. The van der Waals surface area contributed by atoms with Gasteiger partial charge in [0.05, 0.1) is 30.3 Å². The van der Waals surface area contributed by atoms with Crippen LogP contribution in [0.15, 0.2) is 0 Å². The van der Waals surface area contributed by atoms with E-state index in [2.05, 4.69) is 4.74 Å². The van der Waals surface area contributed by atoms with Crippen LogP contribution in [0.4, 0.5) is 114 Å². The topological polar surface area (TPSA) is 66.8 Å². The van der Waals surface area contributed by atoms with Gasteiger partial charge in [0, 0.05) is 33.5 Å². The van der Waals surface area contributed by atoms with Crippen LogP contribution < -0.4 is 29.6 Å². The Balaban J connectivity index is -0.000000457. The fourth-order valence-corrected chi connectivity index (χ4v) is 4.15. The molecule has 0 bridgehead atoms. The minimum atomic E-state index is -6.85. The van der Waals surface area contributed by atoms with Gasteiger partial charge in [0.1, 0.15) is 0 Å². The van der Waals surface area contributed by atoms with Crippen molar-refractivity contribution in [3.63, 3.8) is 0 Å². The second-order valence-electron chi connectivity index (χ2n) is 11.1. The summed E-state index contributed by atoms with van der Waals surface area (Å²) in [6.07, 6.45) is -64.2. The van der Waals surface area contributed by atoms with Gasteiger partial charge in [-0.2, -0.15) is 105 Å². The van der Waals surface area contributed by atoms with E-state index in [1.165, 1.54) is 0 Å². The fraction of sp³-hybridized carbons (Fsp3) is 0.960. The van der Waals surface area contributed by atoms with E-state index in [0.717, 1.165) is 14.0 Å². The smallest absolute Gasteiger partial charge is 0.466 e. The quantitative estimate of drug-likeness (QED) is 0.112.